The highest BCUT2D eigenvalue weighted by atomic mass is 16.6. The van der Waals surface area contributed by atoms with Crippen molar-refractivity contribution in [3.63, 3.8) is 0 Å². The van der Waals surface area contributed by atoms with E-state index in [1.807, 2.05) is 0 Å². The zero-order valence-electron chi connectivity index (χ0n) is 11.2. The van der Waals surface area contributed by atoms with Gasteiger partial charge in [0.1, 0.15) is 6.61 Å². The third-order valence-electron chi connectivity index (χ3n) is 3.00. The maximum absolute atomic E-state index is 11.0. The van der Waals surface area contributed by atoms with Gasteiger partial charge in [-0.2, -0.15) is 0 Å². The molecule has 0 amide bonds. The first-order chi connectivity index (χ1) is 10.1. The Morgan fingerprint density at radius 2 is 1.52 bits per heavy atom. The molecule has 0 fully saturated rings. The number of aliphatic hydroxyl groups is 2. The Morgan fingerprint density at radius 3 is 2.10 bits per heavy atom. The summed E-state index contributed by atoms with van der Waals surface area (Å²) >= 11 is 0. The van der Waals surface area contributed by atoms with E-state index < -0.39 is 4.92 Å². The molecule has 6 nitrogen and oxygen atoms in total. The molecule has 21 heavy (non-hydrogen) atoms. The average molecular weight is 289 g/mol. The van der Waals surface area contributed by atoms with Crippen molar-refractivity contribution >= 4 is 5.69 Å². The summed E-state index contributed by atoms with van der Waals surface area (Å²) in [4.78, 5) is 10.4. The molecule has 0 heterocycles. The second kappa shape index (κ2) is 6.83. The van der Waals surface area contributed by atoms with Crippen LogP contribution in [-0.4, -0.2) is 15.1 Å². The largest absolute Gasteiger partial charge is 0.482 e. The van der Waals surface area contributed by atoms with Crippen molar-refractivity contribution in [2.45, 2.75) is 19.8 Å². The van der Waals surface area contributed by atoms with E-state index in [4.69, 9.17) is 14.9 Å². The molecule has 0 saturated carbocycles. The Hall–Kier alpha value is -2.44. The van der Waals surface area contributed by atoms with Gasteiger partial charge in [-0.25, -0.2) is 0 Å². The number of ether oxygens (including phenoxy) is 1. The molecule has 2 aromatic rings. The van der Waals surface area contributed by atoms with Crippen LogP contribution in [0.15, 0.2) is 42.5 Å². The maximum atomic E-state index is 11.0. The molecular formula is C15H15NO5. The van der Waals surface area contributed by atoms with Gasteiger partial charge in [0, 0.05) is 6.07 Å². The van der Waals surface area contributed by atoms with E-state index in [1.54, 1.807) is 24.3 Å². The zero-order chi connectivity index (χ0) is 15.2. The minimum absolute atomic E-state index is 0.0366. The fourth-order valence-electron chi connectivity index (χ4n) is 1.83. The van der Waals surface area contributed by atoms with Crippen molar-refractivity contribution in [2.24, 2.45) is 0 Å². The van der Waals surface area contributed by atoms with Gasteiger partial charge in [0.25, 0.3) is 0 Å². The molecule has 2 N–H and O–H groups in total. The zero-order valence-corrected chi connectivity index (χ0v) is 11.2. The standard InChI is InChI=1S/C15H15NO5/c17-8-11-1-3-12(4-2-11)10-21-15-7-13(9-18)5-6-14(15)16(19)20/h1-7,17-18H,8-10H2. The van der Waals surface area contributed by atoms with Crippen molar-refractivity contribution in [3.8, 4) is 5.75 Å². The van der Waals surface area contributed by atoms with E-state index in [0.29, 0.717) is 5.56 Å². The number of rotatable bonds is 6. The Morgan fingerprint density at radius 1 is 0.952 bits per heavy atom. The van der Waals surface area contributed by atoms with Crippen LogP contribution < -0.4 is 4.74 Å². The summed E-state index contributed by atoms with van der Waals surface area (Å²) in [7, 11) is 0. The number of nitro groups is 1. The lowest BCUT2D eigenvalue weighted by molar-refractivity contribution is -0.386. The molecule has 0 bridgehead atoms. The van der Waals surface area contributed by atoms with Crippen molar-refractivity contribution in [3.05, 3.63) is 69.3 Å². The lowest BCUT2D eigenvalue weighted by Crippen LogP contribution is -2.00. The average Bonchev–Trinajstić information content (AvgIpc) is 2.52. The van der Waals surface area contributed by atoms with Crippen LogP contribution >= 0.6 is 0 Å². The predicted molar refractivity (Wildman–Crippen MR) is 75.7 cm³/mol. The second-order valence-electron chi connectivity index (χ2n) is 4.48. The van der Waals surface area contributed by atoms with Gasteiger partial charge in [-0.15, -0.1) is 0 Å². The Kier molecular flexibility index (Phi) is 4.86. The van der Waals surface area contributed by atoms with E-state index in [2.05, 4.69) is 0 Å². The first kappa shape index (κ1) is 15.0. The Labute approximate surface area is 121 Å². The van der Waals surface area contributed by atoms with E-state index >= 15 is 0 Å². The molecule has 0 unspecified atom stereocenters. The molecule has 6 heteroatoms. The van der Waals surface area contributed by atoms with Crippen LogP contribution in [0.25, 0.3) is 0 Å². The molecule has 2 aromatic carbocycles. The van der Waals surface area contributed by atoms with Gasteiger partial charge in [-0.3, -0.25) is 10.1 Å². The van der Waals surface area contributed by atoms with Crippen LogP contribution in [0.5, 0.6) is 5.75 Å². The molecule has 0 spiro atoms. The highest BCUT2D eigenvalue weighted by molar-refractivity contribution is 5.48. The predicted octanol–water partition coefficient (Wildman–Crippen LogP) is 2.16. The van der Waals surface area contributed by atoms with Gasteiger partial charge >= 0.3 is 5.69 Å². The fraction of sp³-hybridized carbons (Fsp3) is 0.200. The molecule has 0 aromatic heterocycles. The smallest absolute Gasteiger partial charge is 0.310 e. The van der Waals surface area contributed by atoms with Crippen LogP contribution in [0.4, 0.5) is 5.69 Å². The lowest BCUT2D eigenvalue weighted by Gasteiger charge is -2.08. The summed E-state index contributed by atoms with van der Waals surface area (Å²) in [6.45, 7) is -0.0772. The molecule has 0 saturated heterocycles. The molecule has 0 aliphatic heterocycles. The first-order valence-electron chi connectivity index (χ1n) is 6.33. The highest BCUT2D eigenvalue weighted by Gasteiger charge is 2.15. The number of aliphatic hydroxyl groups excluding tert-OH is 2. The molecular weight excluding hydrogens is 274 g/mol. The highest BCUT2D eigenvalue weighted by Crippen LogP contribution is 2.28. The summed E-state index contributed by atoms with van der Waals surface area (Å²) in [5.41, 5.74) is 2.02. The van der Waals surface area contributed by atoms with E-state index in [9.17, 15) is 10.1 Å². The minimum atomic E-state index is -0.522. The summed E-state index contributed by atoms with van der Waals surface area (Å²) in [5.74, 6) is 0.123. The quantitative estimate of drug-likeness (QED) is 0.628. The van der Waals surface area contributed by atoms with Crippen LogP contribution in [0.3, 0.4) is 0 Å². The van der Waals surface area contributed by atoms with Gasteiger partial charge in [-0.1, -0.05) is 24.3 Å². The van der Waals surface area contributed by atoms with Crippen LogP contribution in [-0.2, 0) is 19.8 Å². The second-order valence-corrected chi connectivity index (χ2v) is 4.48. The van der Waals surface area contributed by atoms with Crippen molar-refractivity contribution in [1.82, 2.24) is 0 Å². The van der Waals surface area contributed by atoms with Crippen molar-refractivity contribution < 1.29 is 19.9 Å². The molecule has 0 atom stereocenters. The van der Waals surface area contributed by atoms with Gasteiger partial charge in [0.05, 0.1) is 18.1 Å². The monoisotopic (exact) mass is 289 g/mol. The summed E-state index contributed by atoms with van der Waals surface area (Å²) in [5, 5.41) is 29.0. The number of nitrogens with zero attached hydrogens (tertiary/aromatic N) is 1. The number of hydrogen-bond acceptors (Lipinski definition) is 5. The first-order valence-corrected chi connectivity index (χ1v) is 6.33. The normalized spacial score (nSPS) is 10.4. The summed E-state index contributed by atoms with van der Waals surface area (Å²) in [6.07, 6.45) is 0. The topological polar surface area (TPSA) is 92.8 Å². The van der Waals surface area contributed by atoms with Gasteiger partial charge in [-0.05, 0) is 28.8 Å². The Balaban J connectivity index is 2.15. The number of benzene rings is 2. The number of nitro benzene ring substituents is 1. The summed E-state index contributed by atoms with van der Waals surface area (Å²) in [6, 6.07) is 11.4. The molecule has 0 aliphatic rings. The maximum Gasteiger partial charge on any atom is 0.310 e. The third-order valence-corrected chi connectivity index (χ3v) is 3.00. The minimum Gasteiger partial charge on any atom is -0.482 e. The Bertz CT molecular complexity index is 624. The fourth-order valence-corrected chi connectivity index (χ4v) is 1.83. The van der Waals surface area contributed by atoms with Crippen LogP contribution in [0.2, 0.25) is 0 Å². The molecule has 0 radical (unpaired) electrons. The number of hydrogen-bond donors (Lipinski definition) is 2. The van der Waals surface area contributed by atoms with Crippen molar-refractivity contribution in [1.29, 1.82) is 0 Å². The van der Waals surface area contributed by atoms with Crippen molar-refractivity contribution in [2.75, 3.05) is 0 Å². The van der Waals surface area contributed by atoms with Gasteiger partial charge < -0.3 is 14.9 Å². The van der Waals surface area contributed by atoms with Crippen LogP contribution in [0, 0.1) is 10.1 Å². The van der Waals surface area contributed by atoms with E-state index in [1.165, 1.54) is 18.2 Å². The molecule has 2 rings (SSSR count). The van der Waals surface area contributed by atoms with Gasteiger partial charge in [0.15, 0.2) is 5.75 Å². The summed E-state index contributed by atoms with van der Waals surface area (Å²) < 4.78 is 5.49. The molecule has 110 valence electrons. The SMILES string of the molecule is O=[N+]([O-])c1ccc(CO)cc1OCc1ccc(CO)cc1. The van der Waals surface area contributed by atoms with E-state index in [-0.39, 0.29) is 31.3 Å². The third kappa shape index (κ3) is 3.77. The lowest BCUT2D eigenvalue weighted by atomic mass is 10.1. The van der Waals surface area contributed by atoms with E-state index in [0.717, 1.165) is 11.1 Å². The van der Waals surface area contributed by atoms with Crippen LogP contribution in [0.1, 0.15) is 16.7 Å². The molecule has 0 aliphatic carbocycles. The van der Waals surface area contributed by atoms with Gasteiger partial charge in [0.2, 0.25) is 0 Å².